The summed E-state index contributed by atoms with van der Waals surface area (Å²) in [5, 5.41) is 1.13. The van der Waals surface area contributed by atoms with Crippen molar-refractivity contribution in [3.05, 3.63) is 66.4 Å². The van der Waals surface area contributed by atoms with Crippen LogP contribution in [0.25, 0.3) is 22.0 Å². The van der Waals surface area contributed by atoms with Gasteiger partial charge in [-0.2, -0.15) is 0 Å². The Balaban J connectivity index is 0.00000133. The number of aromatic nitrogens is 1. The van der Waals surface area contributed by atoms with Crippen LogP contribution < -0.4 is 5.73 Å². The van der Waals surface area contributed by atoms with Crippen molar-refractivity contribution in [2.45, 2.75) is 6.54 Å². The van der Waals surface area contributed by atoms with Gasteiger partial charge in [0.15, 0.2) is 0 Å². The average Bonchev–Trinajstić information content (AvgIpc) is 2.47. The molecule has 97 valence electrons. The average molecular weight is 426 g/mol. The molecular weight excluding hydrogens is 412 g/mol. The number of pyridine rings is 1. The fourth-order valence-electron chi connectivity index (χ4n) is 2.08. The first-order chi connectivity index (χ1) is 8.88. The predicted octanol–water partition coefficient (Wildman–Crippen LogP) is 3.16. The quantitative estimate of drug-likeness (QED) is 0.641. The monoisotopic (exact) mass is 426 g/mol. The Morgan fingerprint density at radius 3 is 2.63 bits per heavy atom. The summed E-state index contributed by atoms with van der Waals surface area (Å²) in [6.07, 6.45) is 0. The van der Waals surface area contributed by atoms with E-state index in [0.29, 0.717) is 6.54 Å². The van der Waals surface area contributed by atoms with Gasteiger partial charge in [0, 0.05) is 32.2 Å². The van der Waals surface area contributed by atoms with Gasteiger partial charge in [-0.05, 0) is 11.5 Å². The minimum Gasteiger partial charge on any atom is -0.325 e. The summed E-state index contributed by atoms with van der Waals surface area (Å²) >= 11 is 0. The van der Waals surface area contributed by atoms with Crippen molar-refractivity contribution in [2.24, 2.45) is 5.73 Å². The van der Waals surface area contributed by atoms with Crippen molar-refractivity contribution in [3.63, 3.8) is 0 Å². The van der Waals surface area contributed by atoms with Gasteiger partial charge in [0.1, 0.15) is 0 Å². The van der Waals surface area contributed by atoms with E-state index < -0.39 is 0 Å². The van der Waals surface area contributed by atoms with Gasteiger partial charge < -0.3 is 5.73 Å². The second-order valence-electron chi connectivity index (χ2n) is 4.16. The van der Waals surface area contributed by atoms with Gasteiger partial charge in [-0.3, -0.25) is 4.98 Å². The van der Waals surface area contributed by atoms with Crippen molar-refractivity contribution in [1.29, 1.82) is 0 Å². The summed E-state index contributed by atoms with van der Waals surface area (Å²) < 4.78 is 0. The molecule has 0 aliphatic rings. The number of para-hydroxylation sites is 1. The van der Waals surface area contributed by atoms with E-state index in [2.05, 4.69) is 29.2 Å². The Morgan fingerprint density at radius 2 is 1.89 bits per heavy atom. The molecule has 0 saturated heterocycles. The number of nitrogens with zero attached hydrogens (tertiary/aromatic N) is 1. The van der Waals surface area contributed by atoms with Crippen molar-refractivity contribution >= 4 is 10.9 Å². The molecule has 3 heteroatoms. The number of benzene rings is 2. The molecular formula is C16H13IrN2-. The predicted molar refractivity (Wildman–Crippen MR) is 73.9 cm³/mol. The molecule has 0 fully saturated rings. The topological polar surface area (TPSA) is 38.9 Å². The largest absolute Gasteiger partial charge is 0.325 e. The number of rotatable bonds is 2. The number of hydrogen-bond donors (Lipinski definition) is 1. The Bertz CT molecular complexity index is 681. The van der Waals surface area contributed by atoms with Crippen LogP contribution in [0.4, 0.5) is 0 Å². The third-order valence-electron chi connectivity index (χ3n) is 2.99. The first-order valence-corrected chi connectivity index (χ1v) is 5.94. The third-order valence-corrected chi connectivity index (χ3v) is 2.99. The minimum atomic E-state index is 0. The number of hydrogen-bond acceptors (Lipinski definition) is 2. The molecule has 2 N–H and O–H groups in total. The summed E-state index contributed by atoms with van der Waals surface area (Å²) in [7, 11) is 0. The van der Waals surface area contributed by atoms with Crippen LogP contribution in [0.3, 0.4) is 0 Å². The van der Waals surface area contributed by atoms with Gasteiger partial charge in [0.2, 0.25) is 0 Å². The molecule has 2 nitrogen and oxygen atoms in total. The zero-order chi connectivity index (χ0) is 12.4. The Kier molecular flexibility index (Phi) is 4.43. The molecule has 3 aromatic rings. The summed E-state index contributed by atoms with van der Waals surface area (Å²) in [6.45, 7) is 0.461. The third kappa shape index (κ3) is 2.74. The van der Waals surface area contributed by atoms with Crippen LogP contribution in [0.15, 0.2) is 54.6 Å². The first kappa shape index (κ1) is 13.9. The van der Waals surface area contributed by atoms with Crippen LogP contribution >= 0.6 is 0 Å². The molecule has 0 amide bonds. The van der Waals surface area contributed by atoms with Gasteiger partial charge in [-0.1, -0.05) is 29.8 Å². The number of fused-ring (bicyclic) bond motifs is 1. The maximum absolute atomic E-state index is 5.66. The van der Waals surface area contributed by atoms with Crippen LogP contribution in [-0.2, 0) is 26.7 Å². The Labute approximate surface area is 126 Å². The molecule has 19 heavy (non-hydrogen) atoms. The maximum Gasteiger partial charge on any atom is 0.0537 e. The summed E-state index contributed by atoms with van der Waals surface area (Å²) in [6, 6.07) is 21.4. The van der Waals surface area contributed by atoms with E-state index in [-0.39, 0.29) is 20.1 Å². The zero-order valence-electron chi connectivity index (χ0n) is 10.3. The molecule has 3 rings (SSSR count). The molecule has 1 aromatic heterocycles. The van der Waals surface area contributed by atoms with Crippen LogP contribution in [0, 0.1) is 6.07 Å². The van der Waals surface area contributed by atoms with Crippen molar-refractivity contribution in [3.8, 4) is 11.1 Å². The van der Waals surface area contributed by atoms with E-state index in [1.165, 1.54) is 0 Å². The minimum absolute atomic E-state index is 0. The molecule has 1 radical (unpaired) electrons. The van der Waals surface area contributed by atoms with Crippen LogP contribution in [-0.4, -0.2) is 4.98 Å². The SMILES string of the molecule is NCc1ccc2cccc(-c3[c-]cccc3)c2n1.[Ir]. The van der Waals surface area contributed by atoms with Crippen LogP contribution in [0.5, 0.6) is 0 Å². The normalized spacial score (nSPS) is 10.2. The van der Waals surface area contributed by atoms with Crippen molar-refractivity contribution in [1.82, 2.24) is 4.98 Å². The Hall–Kier alpha value is -1.54. The van der Waals surface area contributed by atoms with E-state index in [0.717, 1.165) is 27.7 Å². The summed E-state index contributed by atoms with van der Waals surface area (Å²) in [5.74, 6) is 0. The van der Waals surface area contributed by atoms with Gasteiger partial charge >= 0.3 is 0 Å². The van der Waals surface area contributed by atoms with Gasteiger partial charge in [0.05, 0.1) is 5.69 Å². The summed E-state index contributed by atoms with van der Waals surface area (Å²) in [5.41, 5.74) is 9.72. The van der Waals surface area contributed by atoms with E-state index in [9.17, 15) is 0 Å². The van der Waals surface area contributed by atoms with Gasteiger partial charge in [-0.15, -0.1) is 35.9 Å². The van der Waals surface area contributed by atoms with Crippen molar-refractivity contribution < 1.29 is 20.1 Å². The van der Waals surface area contributed by atoms with Crippen LogP contribution in [0.1, 0.15) is 5.69 Å². The van der Waals surface area contributed by atoms with E-state index in [1.54, 1.807) is 0 Å². The summed E-state index contributed by atoms with van der Waals surface area (Å²) in [4.78, 5) is 4.63. The molecule has 0 aliphatic heterocycles. The second-order valence-corrected chi connectivity index (χ2v) is 4.16. The molecule has 0 atom stereocenters. The van der Waals surface area contributed by atoms with E-state index in [1.807, 2.05) is 36.4 Å². The maximum atomic E-state index is 5.66. The fourth-order valence-corrected chi connectivity index (χ4v) is 2.08. The molecule has 2 aromatic carbocycles. The van der Waals surface area contributed by atoms with Crippen molar-refractivity contribution in [2.75, 3.05) is 0 Å². The smallest absolute Gasteiger partial charge is 0.0537 e. The Morgan fingerprint density at radius 1 is 1.00 bits per heavy atom. The van der Waals surface area contributed by atoms with Gasteiger partial charge in [-0.25, -0.2) is 0 Å². The second kappa shape index (κ2) is 6.07. The zero-order valence-corrected chi connectivity index (χ0v) is 12.7. The fraction of sp³-hybridized carbons (Fsp3) is 0.0625. The first-order valence-electron chi connectivity index (χ1n) is 5.94. The molecule has 0 bridgehead atoms. The molecule has 0 aliphatic carbocycles. The standard InChI is InChI=1S/C16H13N2.Ir/c17-11-14-10-9-13-7-4-8-15(16(13)18-14)12-5-2-1-3-6-12;/h1-5,7-10H,11,17H2;/q-1;. The van der Waals surface area contributed by atoms with Gasteiger partial charge in [0.25, 0.3) is 0 Å². The molecule has 0 saturated carbocycles. The molecule has 1 heterocycles. The van der Waals surface area contributed by atoms with E-state index >= 15 is 0 Å². The van der Waals surface area contributed by atoms with E-state index in [4.69, 9.17) is 5.73 Å². The molecule has 0 spiro atoms. The molecule has 0 unspecified atom stereocenters. The van der Waals surface area contributed by atoms with Crippen LogP contribution in [0.2, 0.25) is 0 Å². The number of nitrogens with two attached hydrogens (primary N) is 1.